The maximum absolute atomic E-state index is 11.4. The molecule has 4 aliphatic rings. The molecule has 0 unspecified atom stereocenters. The third kappa shape index (κ3) is 3.66. The van der Waals surface area contributed by atoms with Gasteiger partial charge in [-0.25, -0.2) is 0 Å². The van der Waals surface area contributed by atoms with Crippen LogP contribution in [0.4, 0.5) is 0 Å². The molecular formula is C27H44O2. The zero-order valence-electron chi connectivity index (χ0n) is 19.6. The molecule has 3 saturated carbocycles. The fourth-order valence-electron chi connectivity index (χ4n) is 8.65. The molecule has 0 saturated heterocycles. The number of carbonyl (C=O) groups is 1. The van der Waals surface area contributed by atoms with Gasteiger partial charge in [0.25, 0.3) is 0 Å². The van der Waals surface area contributed by atoms with E-state index in [0.29, 0.717) is 16.6 Å². The summed E-state index contributed by atoms with van der Waals surface area (Å²) < 4.78 is 0. The summed E-state index contributed by atoms with van der Waals surface area (Å²) >= 11 is 0. The van der Waals surface area contributed by atoms with Crippen LogP contribution in [0, 0.1) is 40.4 Å². The second-order valence-corrected chi connectivity index (χ2v) is 12.2. The summed E-state index contributed by atoms with van der Waals surface area (Å²) in [5.74, 6) is 4.47. The van der Waals surface area contributed by atoms with E-state index in [-0.39, 0.29) is 0 Å². The van der Waals surface area contributed by atoms with E-state index >= 15 is 0 Å². The number of allylic oxidation sites excluding steroid dienone is 1. The van der Waals surface area contributed by atoms with Crippen molar-refractivity contribution in [3.63, 3.8) is 0 Å². The van der Waals surface area contributed by atoms with Gasteiger partial charge in [0, 0.05) is 6.42 Å². The molecule has 4 aliphatic carbocycles. The van der Waals surface area contributed by atoms with E-state index in [1.807, 2.05) is 6.92 Å². The second-order valence-electron chi connectivity index (χ2n) is 12.2. The van der Waals surface area contributed by atoms with Gasteiger partial charge in [0.15, 0.2) is 0 Å². The van der Waals surface area contributed by atoms with E-state index in [9.17, 15) is 9.90 Å². The number of hydrogen-bond donors (Lipinski definition) is 1. The first-order valence-electron chi connectivity index (χ1n) is 12.5. The molecule has 2 nitrogen and oxygen atoms in total. The van der Waals surface area contributed by atoms with Crippen LogP contribution in [0.15, 0.2) is 11.6 Å². The summed E-state index contributed by atoms with van der Waals surface area (Å²) in [6.07, 6.45) is 15.5. The van der Waals surface area contributed by atoms with Crippen molar-refractivity contribution in [2.24, 2.45) is 40.4 Å². The van der Waals surface area contributed by atoms with Crippen LogP contribution in [0.2, 0.25) is 0 Å². The third-order valence-corrected chi connectivity index (χ3v) is 10.3. The molecule has 0 aliphatic heterocycles. The Morgan fingerprint density at radius 1 is 1.14 bits per heavy atom. The highest BCUT2D eigenvalue weighted by atomic mass is 16.3. The fraction of sp³-hybridized carbons (Fsp3) is 0.889. The largest absolute Gasteiger partial charge is 0.390 e. The van der Waals surface area contributed by atoms with E-state index in [2.05, 4.69) is 26.8 Å². The van der Waals surface area contributed by atoms with Crippen molar-refractivity contribution >= 4 is 5.78 Å². The molecular weight excluding hydrogens is 356 g/mol. The molecule has 164 valence electrons. The van der Waals surface area contributed by atoms with Crippen LogP contribution in [-0.4, -0.2) is 16.5 Å². The van der Waals surface area contributed by atoms with Crippen molar-refractivity contribution in [1.82, 2.24) is 0 Å². The van der Waals surface area contributed by atoms with Crippen molar-refractivity contribution in [2.75, 3.05) is 0 Å². The number of hydrogen-bond acceptors (Lipinski definition) is 2. The minimum Gasteiger partial charge on any atom is -0.390 e. The number of rotatable bonds is 5. The molecule has 4 rings (SSSR count). The topological polar surface area (TPSA) is 37.3 Å². The SMILES string of the molecule is CC(=O)CCC[C@@H](C)[C@H]1CC[C@H]2[C@@H]3CC=C4C[C@@](C)(O)CC[C@]4(C)[C@H]3CC[C@]12C. The van der Waals surface area contributed by atoms with Crippen LogP contribution in [-0.2, 0) is 4.79 Å². The molecule has 0 amide bonds. The third-order valence-electron chi connectivity index (χ3n) is 10.3. The quantitative estimate of drug-likeness (QED) is 0.521. The molecule has 1 N–H and O–H groups in total. The molecule has 8 atom stereocenters. The van der Waals surface area contributed by atoms with Crippen LogP contribution in [0.1, 0.15) is 105 Å². The summed E-state index contributed by atoms with van der Waals surface area (Å²) in [7, 11) is 0. The number of carbonyl (C=O) groups excluding carboxylic acids is 1. The first-order chi connectivity index (χ1) is 13.6. The summed E-state index contributed by atoms with van der Waals surface area (Å²) in [5, 5.41) is 10.7. The molecule has 0 heterocycles. The maximum atomic E-state index is 11.4. The smallest absolute Gasteiger partial charge is 0.129 e. The first-order valence-corrected chi connectivity index (χ1v) is 12.5. The van der Waals surface area contributed by atoms with Gasteiger partial charge >= 0.3 is 0 Å². The van der Waals surface area contributed by atoms with Gasteiger partial charge in [-0.05, 0) is 112 Å². The van der Waals surface area contributed by atoms with Gasteiger partial charge in [0.1, 0.15) is 5.78 Å². The Labute approximate surface area is 178 Å². The Hall–Kier alpha value is -0.630. The summed E-state index contributed by atoms with van der Waals surface area (Å²) in [6, 6.07) is 0. The van der Waals surface area contributed by atoms with Crippen molar-refractivity contribution in [3.8, 4) is 0 Å². The molecule has 2 heteroatoms. The lowest BCUT2D eigenvalue weighted by Crippen LogP contribution is -2.52. The Kier molecular flexibility index (Phi) is 5.59. The highest BCUT2D eigenvalue weighted by molar-refractivity contribution is 5.75. The average Bonchev–Trinajstić information content (AvgIpc) is 2.99. The maximum Gasteiger partial charge on any atom is 0.129 e. The number of fused-ring (bicyclic) bond motifs is 5. The Bertz CT molecular complexity index is 676. The predicted molar refractivity (Wildman–Crippen MR) is 120 cm³/mol. The standard InChI is InChI=1S/C27H44O2/c1-18(7-6-8-19(2)28)22-11-12-23-21-10-9-20-17-25(3,29)15-16-26(20,4)24(21)13-14-27(22,23)5/h9,18,21-24,29H,6-8,10-17H2,1-5H3/t18-,21+,22-,23+,24+,25+,26+,27-/m1/s1. The van der Waals surface area contributed by atoms with Crippen LogP contribution in [0.25, 0.3) is 0 Å². The summed E-state index contributed by atoms with van der Waals surface area (Å²) in [5.41, 5.74) is 1.91. The van der Waals surface area contributed by atoms with Crippen LogP contribution in [0.5, 0.6) is 0 Å². The van der Waals surface area contributed by atoms with Gasteiger partial charge in [0.2, 0.25) is 0 Å². The van der Waals surface area contributed by atoms with Gasteiger partial charge < -0.3 is 9.90 Å². The summed E-state index contributed by atoms with van der Waals surface area (Å²) in [4.78, 5) is 11.4. The van der Waals surface area contributed by atoms with Gasteiger partial charge in [-0.15, -0.1) is 0 Å². The van der Waals surface area contributed by atoms with Crippen molar-refractivity contribution in [1.29, 1.82) is 0 Å². The second kappa shape index (κ2) is 7.50. The summed E-state index contributed by atoms with van der Waals surface area (Å²) in [6.45, 7) is 11.4. The average molecular weight is 401 g/mol. The zero-order chi connectivity index (χ0) is 21.0. The highest BCUT2D eigenvalue weighted by Crippen LogP contribution is 2.67. The van der Waals surface area contributed by atoms with Gasteiger partial charge in [-0.2, -0.15) is 0 Å². The van der Waals surface area contributed by atoms with Crippen LogP contribution < -0.4 is 0 Å². The van der Waals surface area contributed by atoms with E-state index in [4.69, 9.17) is 0 Å². The number of ketones is 1. The lowest BCUT2D eigenvalue weighted by atomic mass is 9.46. The van der Waals surface area contributed by atoms with Crippen LogP contribution >= 0.6 is 0 Å². The fourth-order valence-corrected chi connectivity index (χ4v) is 8.65. The van der Waals surface area contributed by atoms with E-state index in [0.717, 1.165) is 55.3 Å². The molecule has 0 aromatic carbocycles. The number of aliphatic hydroxyl groups is 1. The molecule has 0 radical (unpaired) electrons. The van der Waals surface area contributed by atoms with Crippen molar-refractivity contribution in [2.45, 2.75) is 111 Å². The lowest BCUT2D eigenvalue weighted by molar-refractivity contribution is -0.117. The predicted octanol–water partition coefficient (Wildman–Crippen LogP) is 6.71. The van der Waals surface area contributed by atoms with E-state index in [1.165, 1.54) is 44.9 Å². The molecule has 0 spiro atoms. The molecule has 0 aromatic heterocycles. The first kappa shape index (κ1) is 21.6. The monoisotopic (exact) mass is 400 g/mol. The zero-order valence-corrected chi connectivity index (χ0v) is 19.6. The van der Waals surface area contributed by atoms with Gasteiger partial charge in [-0.1, -0.05) is 38.8 Å². The molecule has 29 heavy (non-hydrogen) atoms. The van der Waals surface area contributed by atoms with Crippen LogP contribution in [0.3, 0.4) is 0 Å². The Morgan fingerprint density at radius 2 is 1.90 bits per heavy atom. The van der Waals surface area contributed by atoms with E-state index < -0.39 is 5.60 Å². The minimum atomic E-state index is -0.491. The molecule has 3 fully saturated rings. The van der Waals surface area contributed by atoms with E-state index in [1.54, 1.807) is 12.5 Å². The minimum absolute atomic E-state index is 0.331. The van der Waals surface area contributed by atoms with Gasteiger partial charge in [0.05, 0.1) is 5.60 Å². The number of Topliss-reactive ketones (excluding diaryl/α,β-unsaturated/α-hetero) is 1. The van der Waals surface area contributed by atoms with Crippen molar-refractivity contribution < 1.29 is 9.90 Å². The van der Waals surface area contributed by atoms with Crippen molar-refractivity contribution in [3.05, 3.63) is 11.6 Å². The lowest BCUT2D eigenvalue weighted by Gasteiger charge is -2.59. The highest BCUT2D eigenvalue weighted by Gasteiger charge is 2.59. The molecule has 0 aromatic rings. The normalized spacial score (nSPS) is 47.6. The Balaban J connectivity index is 1.50. The Morgan fingerprint density at radius 3 is 2.62 bits per heavy atom. The van der Waals surface area contributed by atoms with Gasteiger partial charge in [-0.3, -0.25) is 0 Å². The molecule has 0 bridgehead atoms.